The van der Waals surface area contributed by atoms with Gasteiger partial charge in [0.2, 0.25) is 0 Å². The molecule has 0 saturated heterocycles. The van der Waals surface area contributed by atoms with Crippen LogP contribution in [0.3, 0.4) is 0 Å². The van der Waals surface area contributed by atoms with Gasteiger partial charge in [0.1, 0.15) is 5.82 Å². The Balaban J connectivity index is 1.93. The lowest BCUT2D eigenvalue weighted by Gasteiger charge is -2.22. The monoisotopic (exact) mass is 269 g/mol. The molecule has 0 amide bonds. The number of rotatable bonds is 2. The van der Waals surface area contributed by atoms with Gasteiger partial charge in [-0.2, -0.15) is 0 Å². The topological polar surface area (TPSA) is 47.0 Å². The van der Waals surface area contributed by atoms with Crippen LogP contribution in [0.1, 0.15) is 32.7 Å². The molecule has 1 aromatic carbocycles. The standard InChI is InChI=1S/C16H12FNO2/c17-12-4-6-13-10(8-12)3-5-14(16(13)20)15(19)11-2-1-7-18-9-11/h1-2,4,6-9,14H,3,5H2. The fourth-order valence-electron chi connectivity index (χ4n) is 2.59. The van der Waals surface area contributed by atoms with Crippen molar-refractivity contribution in [2.45, 2.75) is 12.8 Å². The molecule has 0 radical (unpaired) electrons. The molecule has 1 aromatic heterocycles. The van der Waals surface area contributed by atoms with Crippen molar-refractivity contribution in [3.63, 3.8) is 0 Å². The smallest absolute Gasteiger partial charge is 0.175 e. The van der Waals surface area contributed by atoms with E-state index >= 15 is 0 Å². The zero-order valence-corrected chi connectivity index (χ0v) is 10.7. The SMILES string of the molecule is O=C(c1cccnc1)C1CCc2cc(F)ccc2C1=O. The first-order valence-corrected chi connectivity index (χ1v) is 6.43. The Kier molecular flexibility index (Phi) is 3.14. The predicted molar refractivity (Wildman–Crippen MR) is 71.1 cm³/mol. The van der Waals surface area contributed by atoms with Gasteiger partial charge in [-0.3, -0.25) is 14.6 Å². The number of aromatic nitrogens is 1. The molecule has 1 aliphatic carbocycles. The molecule has 0 spiro atoms. The first-order valence-electron chi connectivity index (χ1n) is 6.43. The largest absolute Gasteiger partial charge is 0.293 e. The van der Waals surface area contributed by atoms with Gasteiger partial charge in [-0.05, 0) is 48.7 Å². The first kappa shape index (κ1) is 12.7. The molecule has 0 fully saturated rings. The number of Topliss-reactive ketones (excluding diaryl/α,β-unsaturated/α-hetero) is 2. The highest BCUT2D eigenvalue weighted by Crippen LogP contribution is 2.28. The fourth-order valence-corrected chi connectivity index (χ4v) is 2.59. The highest BCUT2D eigenvalue weighted by Gasteiger charge is 2.33. The summed E-state index contributed by atoms with van der Waals surface area (Å²) >= 11 is 0. The molecule has 2 aromatic rings. The van der Waals surface area contributed by atoms with E-state index in [0.29, 0.717) is 29.5 Å². The minimum Gasteiger partial charge on any atom is -0.293 e. The van der Waals surface area contributed by atoms with Crippen LogP contribution < -0.4 is 0 Å². The van der Waals surface area contributed by atoms with Crippen LogP contribution in [0.15, 0.2) is 42.7 Å². The van der Waals surface area contributed by atoms with Crippen LogP contribution in [0.4, 0.5) is 4.39 Å². The number of ketones is 2. The third kappa shape index (κ3) is 2.13. The third-order valence-electron chi connectivity index (χ3n) is 3.61. The molecule has 0 N–H and O–H groups in total. The Morgan fingerprint density at radius 3 is 2.90 bits per heavy atom. The summed E-state index contributed by atoms with van der Waals surface area (Å²) in [5.41, 5.74) is 1.58. The van der Waals surface area contributed by atoms with Gasteiger partial charge in [0, 0.05) is 23.5 Å². The van der Waals surface area contributed by atoms with E-state index < -0.39 is 5.92 Å². The number of nitrogens with zero attached hydrogens (tertiary/aromatic N) is 1. The summed E-state index contributed by atoms with van der Waals surface area (Å²) in [7, 11) is 0. The maximum absolute atomic E-state index is 13.2. The van der Waals surface area contributed by atoms with Crippen LogP contribution in [-0.2, 0) is 6.42 Å². The Labute approximate surface area is 115 Å². The number of pyridine rings is 1. The normalized spacial score (nSPS) is 17.6. The molecule has 0 saturated carbocycles. The molecule has 3 nitrogen and oxygen atoms in total. The van der Waals surface area contributed by atoms with Gasteiger partial charge in [0.05, 0.1) is 5.92 Å². The van der Waals surface area contributed by atoms with Gasteiger partial charge >= 0.3 is 0 Å². The van der Waals surface area contributed by atoms with Crippen LogP contribution in [0.5, 0.6) is 0 Å². The highest BCUT2D eigenvalue weighted by molar-refractivity contribution is 6.17. The van der Waals surface area contributed by atoms with Crippen molar-refractivity contribution in [1.82, 2.24) is 4.98 Å². The van der Waals surface area contributed by atoms with E-state index in [-0.39, 0.29) is 17.4 Å². The Hall–Kier alpha value is -2.36. The number of carbonyl (C=O) groups is 2. The number of aryl methyl sites for hydroxylation is 1. The zero-order chi connectivity index (χ0) is 14.1. The van der Waals surface area contributed by atoms with E-state index in [2.05, 4.69) is 4.98 Å². The molecule has 100 valence electrons. The van der Waals surface area contributed by atoms with Crippen molar-refractivity contribution >= 4 is 11.6 Å². The number of benzene rings is 1. The summed E-state index contributed by atoms with van der Waals surface area (Å²) in [6, 6.07) is 7.42. The molecule has 0 bridgehead atoms. The maximum Gasteiger partial charge on any atom is 0.175 e. The van der Waals surface area contributed by atoms with E-state index in [4.69, 9.17) is 0 Å². The molecule has 1 unspecified atom stereocenters. The van der Waals surface area contributed by atoms with E-state index in [1.807, 2.05) is 0 Å². The molecule has 1 heterocycles. The van der Waals surface area contributed by atoms with Gasteiger partial charge in [0.25, 0.3) is 0 Å². The number of fused-ring (bicyclic) bond motifs is 1. The minimum atomic E-state index is -0.683. The predicted octanol–water partition coefficient (Wildman–Crippen LogP) is 2.85. The summed E-state index contributed by atoms with van der Waals surface area (Å²) in [5, 5.41) is 0. The molecule has 1 atom stereocenters. The van der Waals surface area contributed by atoms with E-state index in [1.54, 1.807) is 18.3 Å². The van der Waals surface area contributed by atoms with Gasteiger partial charge in [0.15, 0.2) is 11.6 Å². The van der Waals surface area contributed by atoms with Crippen LogP contribution in [0.25, 0.3) is 0 Å². The maximum atomic E-state index is 13.2. The first-order chi connectivity index (χ1) is 9.66. The van der Waals surface area contributed by atoms with Crippen molar-refractivity contribution in [3.05, 3.63) is 65.2 Å². The van der Waals surface area contributed by atoms with E-state index in [9.17, 15) is 14.0 Å². The molecular formula is C16H12FNO2. The molecule has 3 rings (SSSR count). The van der Waals surface area contributed by atoms with Crippen molar-refractivity contribution in [1.29, 1.82) is 0 Å². The number of carbonyl (C=O) groups excluding carboxylic acids is 2. The molecular weight excluding hydrogens is 257 g/mol. The summed E-state index contributed by atoms with van der Waals surface area (Å²) in [6.07, 6.45) is 4.01. The van der Waals surface area contributed by atoms with E-state index in [0.717, 1.165) is 0 Å². The van der Waals surface area contributed by atoms with Crippen molar-refractivity contribution in [2.24, 2.45) is 5.92 Å². The lowest BCUT2D eigenvalue weighted by Crippen LogP contribution is -2.29. The van der Waals surface area contributed by atoms with Crippen LogP contribution in [0.2, 0.25) is 0 Å². The van der Waals surface area contributed by atoms with E-state index in [1.165, 1.54) is 24.4 Å². The van der Waals surface area contributed by atoms with Gasteiger partial charge < -0.3 is 0 Å². The molecule has 4 heteroatoms. The van der Waals surface area contributed by atoms with Gasteiger partial charge in [-0.1, -0.05) is 0 Å². The number of hydrogen-bond acceptors (Lipinski definition) is 3. The van der Waals surface area contributed by atoms with Crippen LogP contribution in [0, 0.1) is 11.7 Å². The van der Waals surface area contributed by atoms with Crippen LogP contribution >= 0.6 is 0 Å². The average Bonchev–Trinajstić information content (AvgIpc) is 2.48. The highest BCUT2D eigenvalue weighted by atomic mass is 19.1. The van der Waals surface area contributed by atoms with Crippen molar-refractivity contribution in [2.75, 3.05) is 0 Å². The second-order valence-corrected chi connectivity index (χ2v) is 4.86. The van der Waals surface area contributed by atoms with Crippen LogP contribution in [-0.4, -0.2) is 16.6 Å². The Bertz CT molecular complexity index is 682. The summed E-state index contributed by atoms with van der Waals surface area (Å²) < 4.78 is 13.2. The lowest BCUT2D eigenvalue weighted by atomic mass is 9.79. The fraction of sp³-hybridized carbons (Fsp3) is 0.188. The summed E-state index contributed by atoms with van der Waals surface area (Å²) in [6.45, 7) is 0. The average molecular weight is 269 g/mol. The van der Waals surface area contributed by atoms with Crippen molar-refractivity contribution in [3.8, 4) is 0 Å². The molecule has 1 aliphatic rings. The second-order valence-electron chi connectivity index (χ2n) is 4.86. The number of hydrogen-bond donors (Lipinski definition) is 0. The minimum absolute atomic E-state index is 0.210. The summed E-state index contributed by atoms with van der Waals surface area (Å²) in [5.74, 6) is -1.47. The van der Waals surface area contributed by atoms with Crippen molar-refractivity contribution < 1.29 is 14.0 Å². The second kappa shape index (κ2) is 4.96. The lowest BCUT2D eigenvalue weighted by molar-refractivity contribution is 0.0790. The van der Waals surface area contributed by atoms with Gasteiger partial charge in [-0.25, -0.2) is 4.39 Å². The van der Waals surface area contributed by atoms with Gasteiger partial charge in [-0.15, -0.1) is 0 Å². The number of halogens is 1. The third-order valence-corrected chi connectivity index (χ3v) is 3.61. The molecule has 0 aliphatic heterocycles. The Morgan fingerprint density at radius 2 is 2.15 bits per heavy atom. The zero-order valence-electron chi connectivity index (χ0n) is 10.7. The quantitative estimate of drug-likeness (QED) is 0.622. The Morgan fingerprint density at radius 1 is 1.30 bits per heavy atom. The summed E-state index contributed by atoms with van der Waals surface area (Å²) in [4.78, 5) is 28.6. The molecule has 20 heavy (non-hydrogen) atoms.